The van der Waals surface area contributed by atoms with Crippen LogP contribution in [0, 0.1) is 10.1 Å². The van der Waals surface area contributed by atoms with E-state index in [4.69, 9.17) is 18.6 Å². The quantitative estimate of drug-likeness (QED) is 0.267. The molecular weight excluding hydrogens is 412 g/mol. The SMILES string of the molecule is COc1ccc(-c2ncoc2-c2cc(OC)c(OCc3ccccc3)c([N+](=O)[O-])c2)cc1. The van der Waals surface area contributed by atoms with E-state index in [9.17, 15) is 10.1 Å². The van der Waals surface area contributed by atoms with Gasteiger partial charge in [-0.25, -0.2) is 4.98 Å². The minimum Gasteiger partial charge on any atom is -0.497 e. The Kier molecular flexibility index (Phi) is 6.03. The van der Waals surface area contributed by atoms with Crippen LogP contribution in [0.4, 0.5) is 5.69 Å². The van der Waals surface area contributed by atoms with Crippen molar-refractivity contribution >= 4 is 5.69 Å². The Bertz CT molecular complexity index is 1220. The Morgan fingerprint density at radius 3 is 2.38 bits per heavy atom. The maximum absolute atomic E-state index is 11.9. The van der Waals surface area contributed by atoms with Crippen LogP contribution in [0.25, 0.3) is 22.6 Å². The standard InChI is InChI=1S/C24H20N2O6/c1-29-19-10-8-17(9-11-19)22-23(32-15-25-22)18-12-20(26(27)28)24(21(13-18)30-2)31-14-16-6-4-3-5-7-16/h3-13,15H,14H2,1-2H3. The van der Waals surface area contributed by atoms with Gasteiger partial charge in [0.15, 0.2) is 17.9 Å². The number of nitrogens with zero attached hydrogens (tertiary/aromatic N) is 2. The summed E-state index contributed by atoms with van der Waals surface area (Å²) in [6, 6.07) is 19.7. The zero-order valence-corrected chi connectivity index (χ0v) is 17.5. The molecule has 4 aromatic rings. The summed E-state index contributed by atoms with van der Waals surface area (Å²) in [5.74, 6) is 1.36. The molecule has 8 nitrogen and oxygen atoms in total. The van der Waals surface area contributed by atoms with E-state index in [1.54, 1.807) is 25.3 Å². The van der Waals surface area contributed by atoms with Gasteiger partial charge in [0.25, 0.3) is 0 Å². The Balaban J connectivity index is 1.74. The molecule has 3 aromatic carbocycles. The number of hydrogen-bond acceptors (Lipinski definition) is 7. The van der Waals surface area contributed by atoms with Crippen LogP contribution in [-0.4, -0.2) is 24.1 Å². The van der Waals surface area contributed by atoms with Crippen LogP contribution in [-0.2, 0) is 6.61 Å². The van der Waals surface area contributed by atoms with Gasteiger partial charge in [0.2, 0.25) is 5.75 Å². The molecule has 0 unspecified atom stereocenters. The first-order chi connectivity index (χ1) is 15.6. The fourth-order valence-electron chi connectivity index (χ4n) is 3.29. The largest absolute Gasteiger partial charge is 0.497 e. The van der Waals surface area contributed by atoms with E-state index in [2.05, 4.69) is 4.98 Å². The summed E-state index contributed by atoms with van der Waals surface area (Å²) >= 11 is 0. The molecule has 32 heavy (non-hydrogen) atoms. The normalized spacial score (nSPS) is 10.6. The predicted molar refractivity (Wildman–Crippen MR) is 118 cm³/mol. The number of rotatable bonds is 8. The molecule has 0 atom stereocenters. The summed E-state index contributed by atoms with van der Waals surface area (Å²) in [4.78, 5) is 15.7. The van der Waals surface area contributed by atoms with Gasteiger partial charge >= 0.3 is 5.69 Å². The average molecular weight is 432 g/mol. The number of ether oxygens (including phenoxy) is 3. The molecule has 1 aromatic heterocycles. The van der Waals surface area contributed by atoms with Crippen molar-refractivity contribution in [1.29, 1.82) is 0 Å². The number of benzene rings is 3. The first kappa shape index (κ1) is 20.9. The predicted octanol–water partition coefficient (Wildman–Crippen LogP) is 5.51. The fourth-order valence-corrected chi connectivity index (χ4v) is 3.29. The molecule has 8 heteroatoms. The monoisotopic (exact) mass is 432 g/mol. The molecule has 0 bridgehead atoms. The maximum Gasteiger partial charge on any atom is 0.315 e. The second-order valence-corrected chi connectivity index (χ2v) is 6.82. The van der Waals surface area contributed by atoms with Gasteiger partial charge in [0, 0.05) is 17.2 Å². The van der Waals surface area contributed by atoms with Gasteiger partial charge in [0.05, 0.1) is 19.1 Å². The van der Waals surface area contributed by atoms with E-state index in [1.165, 1.54) is 19.6 Å². The van der Waals surface area contributed by atoms with Gasteiger partial charge in [-0.05, 0) is 35.9 Å². The molecule has 0 aliphatic carbocycles. The van der Waals surface area contributed by atoms with Crippen LogP contribution in [0.5, 0.6) is 17.2 Å². The lowest BCUT2D eigenvalue weighted by molar-refractivity contribution is -0.386. The van der Waals surface area contributed by atoms with Crippen molar-refractivity contribution in [1.82, 2.24) is 4.98 Å². The van der Waals surface area contributed by atoms with Gasteiger partial charge in [0.1, 0.15) is 18.1 Å². The molecule has 1 heterocycles. The molecule has 0 saturated carbocycles. The topological polar surface area (TPSA) is 96.9 Å². The lowest BCUT2D eigenvalue weighted by Crippen LogP contribution is -2.02. The summed E-state index contributed by atoms with van der Waals surface area (Å²) in [5.41, 5.74) is 2.42. The van der Waals surface area contributed by atoms with Crippen LogP contribution in [0.2, 0.25) is 0 Å². The summed E-state index contributed by atoms with van der Waals surface area (Å²) in [6.45, 7) is 0.163. The van der Waals surface area contributed by atoms with E-state index in [1.807, 2.05) is 42.5 Å². The van der Waals surface area contributed by atoms with E-state index >= 15 is 0 Å². The van der Waals surface area contributed by atoms with E-state index in [0.717, 1.165) is 11.1 Å². The molecule has 162 valence electrons. The van der Waals surface area contributed by atoms with Crippen molar-refractivity contribution in [2.45, 2.75) is 6.61 Å². The lowest BCUT2D eigenvalue weighted by Gasteiger charge is -2.13. The second kappa shape index (κ2) is 9.22. The summed E-state index contributed by atoms with van der Waals surface area (Å²) in [5, 5.41) is 11.9. The summed E-state index contributed by atoms with van der Waals surface area (Å²) in [6.07, 6.45) is 1.30. The molecule has 0 amide bonds. The second-order valence-electron chi connectivity index (χ2n) is 6.82. The van der Waals surface area contributed by atoms with Gasteiger partial charge in [-0.1, -0.05) is 30.3 Å². The zero-order chi connectivity index (χ0) is 22.5. The Labute approximate surface area is 184 Å². The third kappa shape index (κ3) is 4.24. The first-order valence-corrected chi connectivity index (χ1v) is 9.72. The molecule has 0 aliphatic rings. The van der Waals surface area contributed by atoms with Crippen molar-refractivity contribution < 1.29 is 23.6 Å². The van der Waals surface area contributed by atoms with Gasteiger partial charge in [-0.15, -0.1) is 0 Å². The van der Waals surface area contributed by atoms with Crippen LogP contribution >= 0.6 is 0 Å². The zero-order valence-electron chi connectivity index (χ0n) is 17.5. The number of nitro groups is 1. The number of oxazole rings is 1. The highest BCUT2D eigenvalue weighted by Gasteiger charge is 2.25. The number of nitro benzene ring substituents is 1. The smallest absolute Gasteiger partial charge is 0.315 e. The lowest BCUT2D eigenvalue weighted by atomic mass is 10.0. The van der Waals surface area contributed by atoms with Crippen molar-refractivity contribution in [3.8, 4) is 39.8 Å². The highest BCUT2D eigenvalue weighted by atomic mass is 16.6. The third-order valence-electron chi connectivity index (χ3n) is 4.87. The first-order valence-electron chi connectivity index (χ1n) is 9.72. The third-order valence-corrected chi connectivity index (χ3v) is 4.87. The Morgan fingerprint density at radius 1 is 0.969 bits per heavy atom. The molecule has 0 saturated heterocycles. The number of methoxy groups -OCH3 is 2. The summed E-state index contributed by atoms with van der Waals surface area (Å²) < 4.78 is 22.0. The van der Waals surface area contributed by atoms with Crippen molar-refractivity contribution in [3.63, 3.8) is 0 Å². The Hall–Kier alpha value is -4.33. The molecule has 0 radical (unpaired) electrons. The van der Waals surface area contributed by atoms with Gasteiger partial charge < -0.3 is 18.6 Å². The van der Waals surface area contributed by atoms with Gasteiger partial charge in [-0.3, -0.25) is 10.1 Å². The molecular formula is C24H20N2O6. The highest BCUT2D eigenvalue weighted by Crippen LogP contribution is 2.43. The van der Waals surface area contributed by atoms with E-state index < -0.39 is 4.92 Å². The van der Waals surface area contributed by atoms with Crippen molar-refractivity contribution in [2.75, 3.05) is 14.2 Å². The van der Waals surface area contributed by atoms with Gasteiger partial charge in [-0.2, -0.15) is 0 Å². The van der Waals surface area contributed by atoms with Crippen LogP contribution in [0.1, 0.15) is 5.56 Å². The molecule has 4 rings (SSSR count). The van der Waals surface area contributed by atoms with E-state index in [-0.39, 0.29) is 23.8 Å². The van der Waals surface area contributed by atoms with E-state index in [0.29, 0.717) is 22.8 Å². The molecule has 0 N–H and O–H groups in total. The number of hydrogen-bond donors (Lipinski definition) is 0. The van der Waals surface area contributed by atoms with Crippen LogP contribution < -0.4 is 14.2 Å². The Morgan fingerprint density at radius 2 is 1.72 bits per heavy atom. The minimum atomic E-state index is -0.504. The van der Waals surface area contributed by atoms with Crippen molar-refractivity contribution in [3.05, 3.63) is 88.8 Å². The van der Waals surface area contributed by atoms with Crippen LogP contribution in [0.15, 0.2) is 77.5 Å². The molecule has 0 aliphatic heterocycles. The van der Waals surface area contributed by atoms with Crippen LogP contribution in [0.3, 0.4) is 0 Å². The summed E-state index contributed by atoms with van der Waals surface area (Å²) in [7, 11) is 3.02. The maximum atomic E-state index is 11.9. The average Bonchev–Trinajstić information content (AvgIpc) is 3.33. The minimum absolute atomic E-state index is 0.0515. The van der Waals surface area contributed by atoms with Crippen molar-refractivity contribution in [2.24, 2.45) is 0 Å². The fraction of sp³-hybridized carbons (Fsp3) is 0.125. The molecule has 0 fully saturated rings. The number of aromatic nitrogens is 1. The highest BCUT2D eigenvalue weighted by molar-refractivity contribution is 5.80. The molecule has 0 spiro atoms.